The molecule has 0 aliphatic heterocycles. The molecule has 0 radical (unpaired) electrons. The second-order valence-electron chi connectivity index (χ2n) is 6.15. The smallest absolute Gasteiger partial charge is 0.307 e. The van der Waals surface area contributed by atoms with Crippen LogP contribution in [-0.4, -0.2) is 25.6 Å². The lowest BCUT2D eigenvalue weighted by molar-refractivity contribution is -0.136. The van der Waals surface area contributed by atoms with Crippen LogP contribution in [0.15, 0.2) is 35.7 Å². The molecule has 3 rings (SSSR count). The van der Waals surface area contributed by atoms with E-state index >= 15 is 0 Å². The SMILES string of the molecule is CC(C)n1cc(I)c2nc(SCc3ccc(F)c(CC(=O)O)c3)ncc21. The van der Waals surface area contributed by atoms with E-state index in [-0.39, 0.29) is 12.0 Å². The van der Waals surface area contributed by atoms with Gasteiger partial charge in [0.2, 0.25) is 0 Å². The average Bonchev–Trinajstić information content (AvgIpc) is 2.92. The maximum absolute atomic E-state index is 13.7. The number of halogens is 2. The molecule has 136 valence electrons. The normalized spacial score (nSPS) is 11.4. The van der Waals surface area contributed by atoms with Crippen molar-refractivity contribution in [3.05, 3.63) is 51.1 Å². The summed E-state index contributed by atoms with van der Waals surface area (Å²) in [5, 5.41) is 9.50. The summed E-state index contributed by atoms with van der Waals surface area (Å²) in [6.45, 7) is 4.23. The van der Waals surface area contributed by atoms with Gasteiger partial charge in [-0.25, -0.2) is 14.4 Å². The second kappa shape index (κ2) is 7.91. The minimum absolute atomic E-state index is 0.190. The zero-order chi connectivity index (χ0) is 18.8. The number of nitrogens with zero attached hydrogens (tertiary/aromatic N) is 3. The number of aliphatic carboxylic acids is 1. The van der Waals surface area contributed by atoms with Gasteiger partial charge in [-0.15, -0.1) is 0 Å². The van der Waals surface area contributed by atoms with E-state index in [1.54, 1.807) is 12.1 Å². The van der Waals surface area contributed by atoms with Crippen LogP contribution in [0.3, 0.4) is 0 Å². The zero-order valence-corrected chi connectivity index (χ0v) is 17.2. The Morgan fingerprint density at radius 2 is 2.19 bits per heavy atom. The summed E-state index contributed by atoms with van der Waals surface area (Å²) in [7, 11) is 0. The first-order valence-corrected chi connectivity index (χ1v) is 10.1. The summed E-state index contributed by atoms with van der Waals surface area (Å²) in [5.74, 6) is -1.00. The summed E-state index contributed by atoms with van der Waals surface area (Å²) >= 11 is 3.71. The van der Waals surface area contributed by atoms with Crippen molar-refractivity contribution in [2.24, 2.45) is 0 Å². The molecule has 0 amide bonds. The highest BCUT2D eigenvalue weighted by molar-refractivity contribution is 14.1. The Labute approximate surface area is 168 Å². The Hall–Kier alpha value is -1.68. The minimum atomic E-state index is -1.05. The van der Waals surface area contributed by atoms with E-state index in [0.29, 0.717) is 17.0 Å². The molecule has 0 aliphatic carbocycles. The van der Waals surface area contributed by atoms with Crippen LogP contribution < -0.4 is 0 Å². The maximum Gasteiger partial charge on any atom is 0.307 e. The molecular weight excluding hydrogens is 468 g/mol. The number of rotatable bonds is 6. The van der Waals surface area contributed by atoms with Crippen LogP contribution in [-0.2, 0) is 17.0 Å². The first kappa shape index (κ1) is 19.1. The molecule has 8 heteroatoms. The number of carbonyl (C=O) groups is 1. The third-order valence-electron chi connectivity index (χ3n) is 3.88. The zero-order valence-electron chi connectivity index (χ0n) is 14.2. The second-order valence-corrected chi connectivity index (χ2v) is 8.25. The van der Waals surface area contributed by atoms with E-state index in [4.69, 9.17) is 5.11 Å². The van der Waals surface area contributed by atoms with E-state index in [0.717, 1.165) is 20.2 Å². The van der Waals surface area contributed by atoms with E-state index in [9.17, 15) is 9.18 Å². The lowest BCUT2D eigenvalue weighted by atomic mass is 10.1. The van der Waals surface area contributed by atoms with Crippen LogP contribution in [0.25, 0.3) is 11.0 Å². The molecule has 1 aromatic carbocycles. The number of carboxylic acids is 1. The first-order chi connectivity index (χ1) is 12.3. The summed E-state index contributed by atoms with van der Waals surface area (Å²) in [5.41, 5.74) is 2.95. The highest BCUT2D eigenvalue weighted by Gasteiger charge is 2.13. The van der Waals surface area contributed by atoms with Crippen LogP contribution in [0.1, 0.15) is 31.0 Å². The molecular formula is C18H17FIN3O2S. The van der Waals surface area contributed by atoms with Gasteiger partial charge in [-0.05, 0) is 53.6 Å². The Balaban J connectivity index is 1.80. The number of hydrogen-bond acceptors (Lipinski definition) is 4. The molecule has 0 fully saturated rings. The standard InChI is InChI=1S/C18H17FIN3O2S/c1-10(2)23-8-14(20)17-15(23)7-21-18(22-17)26-9-11-3-4-13(19)12(5-11)6-16(24)25/h3-5,7-8,10H,6,9H2,1-2H3,(H,24,25). The van der Waals surface area contributed by atoms with E-state index in [1.807, 2.05) is 6.20 Å². The lowest BCUT2D eigenvalue weighted by Crippen LogP contribution is -2.03. The number of aromatic nitrogens is 3. The van der Waals surface area contributed by atoms with Gasteiger partial charge in [0.1, 0.15) is 11.3 Å². The fourth-order valence-corrected chi connectivity index (χ4v) is 4.09. The lowest BCUT2D eigenvalue weighted by Gasteiger charge is -2.08. The first-order valence-electron chi connectivity index (χ1n) is 8.00. The van der Waals surface area contributed by atoms with Gasteiger partial charge in [0.25, 0.3) is 0 Å². The van der Waals surface area contributed by atoms with Crippen LogP contribution in [0.5, 0.6) is 0 Å². The number of thioether (sulfide) groups is 1. The van der Waals surface area contributed by atoms with Gasteiger partial charge in [0, 0.05) is 18.0 Å². The van der Waals surface area contributed by atoms with Crippen LogP contribution >= 0.6 is 34.4 Å². The quantitative estimate of drug-likeness (QED) is 0.312. The fourth-order valence-electron chi connectivity index (χ4n) is 2.64. The van der Waals surface area contributed by atoms with Crippen molar-refractivity contribution in [3.8, 4) is 0 Å². The maximum atomic E-state index is 13.7. The number of benzene rings is 1. The van der Waals surface area contributed by atoms with Crippen molar-refractivity contribution < 1.29 is 14.3 Å². The van der Waals surface area contributed by atoms with E-state index in [2.05, 4.69) is 57.2 Å². The van der Waals surface area contributed by atoms with Gasteiger partial charge in [0.15, 0.2) is 5.16 Å². The van der Waals surface area contributed by atoms with Crippen molar-refractivity contribution in [1.29, 1.82) is 0 Å². The molecule has 0 bridgehead atoms. The summed E-state index contributed by atoms with van der Waals surface area (Å²) in [4.78, 5) is 19.9. The Morgan fingerprint density at radius 1 is 1.42 bits per heavy atom. The van der Waals surface area contributed by atoms with Gasteiger partial charge >= 0.3 is 5.97 Å². The van der Waals surface area contributed by atoms with Gasteiger partial charge < -0.3 is 9.67 Å². The van der Waals surface area contributed by atoms with Crippen molar-refractivity contribution in [2.75, 3.05) is 0 Å². The number of hydrogen-bond donors (Lipinski definition) is 1. The Kier molecular flexibility index (Phi) is 5.81. The van der Waals surface area contributed by atoms with Gasteiger partial charge in [-0.1, -0.05) is 23.9 Å². The topological polar surface area (TPSA) is 68.0 Å². The summed E-state index contributed by atoms with van der Waals surface area (Å²) < 4.78 is 16.9. The highest BCUT2D eigenvalue weighted by atomic mass is 127. The molecule has 0 aliphatic rings. The molecule has 0 unspecified atom stereocenters. The van der Waals surface area contributed by atoms with Gasteiger partial charge in [0.05, 0.1) is 21.7 Å². The third kappa shape index (κ3) is 4.17. The van der Waals surface area contributed by atoms with E-state index < -0.39 is 11.8 Å². The Morgan fingerprint density at radius 3 is 2.88 bits per heavy atom. The highest BCUT2D eigenvalue weighted by Crippen LogP contribution is 2.27. The fraction of sp³-hybridized carbons (Fsp3) is 0.278. The molecule has 2 heterocycles. The molecule has 0 spiro atoms. The number of carboxylic acid groups (broad SMARTS) is 1. The number of fused-ring (bicyclic) bond motifs is 1. The van der Waals surface area contributed by atoms with Crippen molar-refractivity contribution in [3.63, 3.8) is 0 Å². The van der Waals surface area contributed by atoms with E-state index in [1.165, 1.54) is 17.8 Å². The van der Waals surface area contributed by atoms with Crippen LogP contribution in [0, 0.1) is 9.39 Å². The predicted octanol–water partition coefficient (Wildman–Crippen LogP) is 4.68. The van der Waals surface area contributed by atoms with Gasteiger partial charge in [-0.2, -0.15) is 0 Å². The monoisotopic (exact) mass is 485 g/mol. The van der Waals surface area contributed by atoms with Crippen LogP contribution in [0.4, 0.5) is 4.39 Å². The average molecular weight is 485 g/mol. The molecule has 3 aromatic rings. The van der Waals surface area contributed by atoms with Gasteiger partial charge in [-0.3, -0.25) is 4.79 Å². The van der Waals surface area contributed by atoms with Crippen LogP contribution in [0.2, 0.25) is 0 Å². The Bertz CT molecular complexity index is 974. The third-order valence-corrected chi connectivity index (χ3v) is 5.60. The summed E-state index contributed by atoms with van der Waals surface area (Å²) in [6, 6.07) is 4.89. The minimum Gasteiger partial charge on any atom is -0.481 e. The van der Waals surface area contributed by atoms with Crippen molar-refractivity contribution in [1.82, 2.24) is 14.5 Å². The molecule has 0 saturated heterocycles. The molecule has 5 nitrogen and oxygen atoms in total. The largest absolute Gasteiger partial charge is 0.481 e. The molecule has 1 N–H and O–H groups in total. The van der Waals surface area contributed by atoms with Crippen molar-refractivity contribution >= 4 is 51.4 Å². The molecule has 2 aromatic heterocycles. The molecule has 26 heavy (non-hydrogen) atoms. The molecule has 0 atom stereocenters. The predicted molar refractivity (Wildman–Crippen MR) is 108 cm³/mol. The van der Waals surface area contributed by atoms with Crippen molar-refractivity contribution in [2.45, 2.75) is 37.2 Å². The summed E-state index contributed by atoms with van der Waals surface area (Å²) in [6.07, 6.45) is 3.57. The molecule has 0 saturated carbocycles.